The molecule has 0 fully saturated rings. The smallest absolute Gasteiger partial charge is 0.330 e. The SMILES string of the molecule is CSOc1ncc2ccc(=O)[nH]c2n1. The molecule has 0 unspecified atom stereocenters. The van der Waals surface area contributed by atoms with Crippen LogP contribution < -0.4 is 9.74 Å². The predicted molar refractivity (Wildman–Crippen MR) is 54.3 cm³/mol. The van der Waals surface area contributed by atoms with Crippen LogP contribution in [0.4, 0.5) is 0 Å². The van der Waals surface area contributed by atoms with Crippen molar-refractivity contribution in [3.63, 3.8) is 0 Å². The lowest BCUT2D eigenvalue weighted by Crippen LogP contribution is -2.04. The molecule has 0 aliphatic heterocycles. The third kappa shape index (κ3) is 1.69. The van der Waals surface area contributed by atoms with Crippen LogP contribution in [0, 0.1) is 0 Å². The molecule has 2 rings (SSSR count). The van der Waals surface area contributed by atoms with Crippen molar-refractivity contribution < 1.29 is 4.18 Å². The van der Waals surface area contributed by atoms with E-state index in [1.54, 1.807) is 18.5 Å². The maximum Gasteiger partial charge on any atom is 0.330 e. The average molecular weight is 209 g/mol. The highest BCUT2D eigenvalue weighted by atomic mass is 32.2. The molecule has 1 N–H and O–H groups in total. The maximum atomic E-state index is 11.0. The second-order valence-electron chi connectivity index (χ2n) is 2.53. The summed E-state index contributed by atoms with van der Waals surface area (Å²) in [4.78, 5) is 21.5. The molecule has 0 atom stereocenters. The van der Waals surface area contributed by atoms with E-state index < -0.39 is 0 Å². The Bertz CT molecular complexity index is 511. The second-order valence-corrected chi connectivity index (χ2v) is 3.03. The molecule has 14 heavy (non-hydrogen) atoms. The van der Waals surface area contributed by atoms with Gasteiger partial charge in [-0.3, -0.25) is 4.79 Å². The minimum atomic E-state index is -0.189. The van der Waals surface area contributed by atoms with Gasteiger partial charge in [0, 0.05) is 23.9 Å². The fraction of sp³-hybridized carbons (Fsp3) is 0.125. The summed E-state index contributed by atoms with van der Waals surface area (Å²) in [6.07, 6.45) is 3.37. The Kier molecular flexibility index (Phi) is 2.36. The Labute approximate surface area is 83.7 Å². The topological polar surface area (TPSA) is 67.9 Å². The monoisotopic (exact) mass is 209 g/mol. The Balaban J connectivity index is 2.58. The van der Waals surface area contributed by atoms with Crippen LogP contribution in [0.1, 0.15) is 0 Å². The zero-order chi connectivity index (χ0) is 9.97. The lowest BCUT2D eigenvalue weighted by atomic mass is 10.3. The van der Waals surface area contributed by atoms with E-state index in [2.05, 4.69) is 15.0 Å². The molecule has 6 heteroatoms. The van der Waals surface area contributed by atoms with E-state index in [1.807, 2.05) is 0 Å². The molecule has 5 nitrogen and oxygen atoms in total. The highest BCUT2D eigenvalue weighted by Crippen LogP contribution is 2.11. The minimum Gasteiger partial charge on any atom is -0.389 e. The zero-order valence-electron chi connectivity index (χ0n) is 7.35. The molecule has 0 aliphatic rings. The van der Waals surface area contributed by atoms with Crippen molar-refractivity contribution in [2.45, 2.75) is 0 Å². The molecule has 0 bridgehead atoms. The van der Waals surface area contributed by atoms with Crippen molar-refractivity contribution in [2.75, 3.05) is 6.26 Å². The van der Waals surface area contributed by atoms with E-state index in [-0.39, 0.29) is 11.6 Å². The van der Waals surface area contributed by atoms with Crippen molar-refractivity contribution in [2.24, 2.45) is 0 Å². The van der Waals surface area contributed by atoms with Crippen LogP contribution in [0.15, 0.2) is 23.1 Å². The molecule has 0 aromatic carbocycles. The van der Waals surface area contributed by atoms with Gasteiger partial charge < -0.3 is 9.17 Å². The summed E-state index contributed by atoms with van der Waals surface area (Å²) in [6, 6.07) is 3.34. The van der Waals surface area contributed by atoms with Crippen molar-refractivity contribution >= 4 is 23.1 Å². The molecule has 0 aliphatic carbocycles. The van der Waals surface area contributed by atoms with Gasteiger partial charge in [-0.15, -0.1) is 0 Å². The first-order chi connectivity index (χ1) is 6.79. The number of hydrogen-bond donors (Lipinski definition) is 1. The molecular weight excluding hydrogens is 202 g/mol. The van der Waals surface area contributed by atoms with Crippen LogP contribution >= 0.6 is 12.0 Å². The van der Waals surface area contributed by atoms with Gasteiger partial charge in [0.05, 0.1) is 12.0 Å². The number of rotatable bonds is 2. The normalized spacial score (nSPS) is 10.4. The Morgan fingerprint density at radius 1 is 1.50 bits per heavy atom. The zero-order valence-corrected chi connectivity index (χ0v) is 8.17. The van der Waals surface area contributed by atoms with Gasteiger partial charge in [-0.05, 0) is 6.07 Å². The quantitative estimate of drug-likeness (QED) is 0.746. The van der Waals surface area contributed by atoms with Gasteiger partial charge in [0.25, 0.3) is 0 Å². The van der Waals surface area contributed by atoms with Crippen LogP contribution in [0.25, 0.3) is 11.0 Å². The van der Waals surface area contributed by atoms with Crippen LogP contribution in [-0.4, -0.2) is 21.2 Å². The summed E-state index contributed by atoms with van der Waals surface area (Å²) in [5.74, 6) is 0. The first-order valence-electron chi connectivity index (χ1n) is 3.86. The van der Waals surface area contributed by atoms with E-state index in [4.69, 9.17) is 4.18 Å². The molecule has 2 heterocycles. The lowest BCUT2D eigenvalue weighted by Gasteiger charge is -1.99. The van der Waals surface area contributed by atoms with E-state index in [0.29, 0.717) is 5.65 Å². The molecule has 0 saturated carbocycles. The van der Waals surface area contributed by atoms with Gasteiger partial charge in [0.2, 0.25) is 5.56 Å². The molecular formula is C8H7N3O2S. The third-order valence-corrected chi connectivity index (χ3v) is 1.92. The fourth-order valence-electron chi connectivity index (χ4n) is 1.04. The highest BCUT2D eigenvalue weighted by Gasteiger charge is 2.00. The van der Waals surface area contributed by atoms with Gasteiger partial charge in [0.1, 0.15) is 5.65 Å². The van der Waals surface area contributed by atoms with Gasteiger partial charge in [0.15, 0.2) is 0 Å². The van der Waals surface area contributed by atoms with Gasteiger partial charge in [-0.2, -0.15) is 4.98 Å². The number of H-pyrrole nitrogens is 1. The number of pyridine rings is 1. The second kappa shape index (κ2) is 3.67. The van der Waals surface area contributed by atoms with Gasteiger partial charge in [-0.25, -0.2) is 4.98 Å². The summed E-state index contributed by atoms with van der Waals surface area (Å²) in [7, 11) is 0. The Hall–Kier alpha value is -1.56. The summed E-state index contributed by atoms with van der Waals surface area (Å²) in [5.41, 5.74) is 0.294. The molecule has 2 aromatic rings. The number of fused-ring (bicyclic) bond motifs is 1. The summed E-state index contributed by atoms with van der Waals surface area (Å²) in [6.45, 7) is 0. The number of nitrogens with zero attached hydrogens (tertiary/aromatic N) is 2. The first-order valence-corrected chi connectivity index (χ1v) is 5.01. The van der Waals surface area contributed by atoms with Crippen molar-refractivity contribution in [1.82, 2.24) is 15.0 Å². The van der Waals surface area contributed by atoms with Crippen molar-refractivity contribution in [3.8, 4) is 6.01 Å². The number of aromatic amines is 1. The third-order valence-electron chi connectivity index (χ3n) is 1.61. The molecule has 2 aromatic heterocycles. The van der Waals surface area contributed by atoms with Crippen molar-refractivity contribution in [3.05, 3.63) is 28.7 Å². The van der Waals surface area contributed by atoms with Gasteiger partial charge in [-0.1, -0.05) is 0 Å². The lowest BCUT2D eigenvalue weighted by molar-refractivity contribution is 0.591. The molecule has 0 amide bonds. The Morgan fingerprint density at radius 3 is 3.14 bits per heavy atom. The molecule has 0 spiro atoms. The largest absolute Gasteiger partial charge is 0.389 e. The minimum absolute atomic E-state index is 0.189. The molecule has 0 radical (unpaired) electrons. The average Bonchev–Trinajstić information content (AvgIpc) is 2.17. The van der Waals surface area contributed by atoms with Crippen LogP contribution in [0.3, 0.4) is 0 Å². The summed E-state index contributed by atoms with van der Waals surface area (Å²) in [5, 5.41) is 0.776. The number of aromatic nitrogens is 3. The van der Waals surface area contributed by atoms with Crippen LogP contribution in [0.2, 0.25) is 0 Å². The van der Waals surface area contributed by atoms with E-state index in [9.17, 15) is 4.79 Å². The maximum absolute atomic E-state index is 11.0. The van der Waals surface area contributed by atoms with Crippen LogP contribution in [-0.2, 0) is 0 Å². The summed E-state index contributed by atoms with van der Waals surface area (Å²) < 4.78 is 5.03. The van der Waals surface area contributed by atoms with E-state index >= 15 is 0 Å². The van der Waals surface area contributed by atoms with Crippen molar-refractivity contribution in [1.29, 1.82) is 0 Å². The molecule has 0 saturated heterocycles. The van der Waals surface area contributed by atoms with E-state index in [0.717, 1.165) is 17.4 Å². The predicted octanol–water partition coefficient (Wildman–Crippen LogP) is 0.975. The number of nitrogens with one attached hydrogen (secondary N) is 1. The van der Waals surface area contributed by atoms with Crippen LogP contribution in [0.5, 0.6) is 6.01 Å². The number of hydrogen-bond acceptors (Lipinski definition) is 5. The fourth-order valence-corrected chi connectivity index (χ4v) is 1.26. The highest BCUT2D eigenvalue weighted by molar-refractivity contribution is 7.94. The molecule has 72 valence electrons. The van der Waals surface area contributed by atoms with E-state index in [1.165, 1.54) is 6.07 Å². The summed E-state index contributed by atoms with van der Waals surface area (Å²) >= 11 is 1.15. The Morgan fingerprint density at radius 2 is 2.36 bits per heavy atom. The first kappa shape index (κ1) is 9.01. The van der Waals surface area contributed by atoms with Gasteiger partial charge >= 0.3 is 6.01 Å². The standard InChI is InChI=1S/C8H7N3O2S/c1-14-13-8-9-4-5-2-3-6(12)10-7(5)11-8/h2-4H,1H3,(H,9,10,11,12).